The Morgan fingerprint density at radius 2 is 1.66 bits per heavy atom. The third kappa shape index (κ3) is 5.10. The Labute approximate surface area is 190 Å². The zero-order chi connectivity index (χ0) is 23.5. The lowest BCUT2D eigenvalue weighted by Crippen LogP contribution is -2.31. The van der Waals surface area contributed by atoms with Crippen LogP contribution < -0.4 is 0 Å². The number of likely N-dealkylation sites (tertiary alicyclic amines) is 1. The van der Waals surface area contributed by atoms with Gasteiger partial charge in [0.2, 0.25) is 0 Å². The summed E-state index contributed by atoms with van der Waals surface area (Å²) in [5, 5.41) is 11.0. The summed E-state index contributed by atoms with van der Waals surface area (Å²) in [7, 11) is 0. The molecule has 3 rings (SSSR count). The summed E-state index contributed by atoms with van der Waals surface area (Å²) in [6.45, 7) is 11.2. The molecule has 1 heterocycles. The van der Waals surface area contributed by atoms with Gasteiger partial charge in [0.1, 0.15) is 5.76 Å². The number of hydrogen-bond acceptors (Lipinski definition) is 4. The number of ether oxygens (including phenoxy) is 1. The predicted molar refractivity (Wildman–Crippen MR) is 126 cm³/mol. The number of aliphatic hydroxyl groups is 1. The van der Waals surface area contributed by atoms with Crippen molar-refractivity contribution >= 4 is 17.4 Å². The lowest BCUT2D eigenvalue weighted by molar-refractivity contribution is -0.140. The molecule has 0 bridgehead atoms. The van der Waals surface area contributed by atoms with E-state index in [0.717, 1.165) is 11.1 Å². The minimum absolute atomic E-state index is 0.0153. The van der Waals surface area contributed by atoms with Gasteiger partial charge in [0, 0.05) is 18.7 Å². The minimum atomic E-state index is -0.652. The van der Waals surface area contributed by atoms with Crippen molar-refractivity contribution < 1.29 is 19.4 Å². The lowest BCUT2D eigenvalue weighted by atomic mass is 9.85. The van der Waals surface area contributed by atoms with Gasteiger partial charge in [-0.15, -0.1) is 0 Å². The van der Waals surface area contributed by atoms with Crippen LogP contribution in [-0.4, -0.2) is 41.0 Å². The summed E-state index contributed by atoms with van der Waals surface area (Å²) < 4.78 is 5.62. The first-order chi connectivity index (χ1) is 15.1. The first kappa shape index (κ1) is 23.7. The van der Waals surface area contributed by atoms with Crippen molar-refractivity contribution in [1.82, 2.24) is 4.90 Å². The molecule has 0 radical (unpaired) electrons. The molecule has 0 spiro atoms. The maximum Gasteiger partial charge on any atom is 0.295 e. The van der Waals surface area contributed by atoms with Gasteiger partial charge in [-0.2, -0.15) is 0 Å². The molecule has 170 valence electrons. The molecule has 1 fully saturated rings. The van der Waals surface area contributed by atoms with Crippen LogP contribution in [0.25, 0.3) is 5.76 Å². The predicted octanol–water partition coefficient (Wildman–Crippen LogP) is 5.22. The van der Waals surface area contributed by atoms with Crippen LogP contribution in [0.15, 0.2) is 60.2 Å². The van der Waals surface area contributed by atoms with E-state index in [1.165, 1.54) is 0 Å². The van der Waals surface area contributed by atoms with Gasteiger partial charge in [0.05, 0.1) is 17.7 Å². The second-order valence-corrected chi connectivity index (χ2v) is 9.50. The molecule has 1 atom stereocenters. The summed E-state index contributed by atoms with van der Waals surface area (Å²) in [5.41, 5.74) is 2.60. The Hall–Kier alpha value is -2.92. The van der Waals surface area contributed by atoms with Crippen LogP contribution in [0.3, 0.4) is 0 Å². The second-order valence-electron chi connectivity index (χ2n) is 9.50. The van der Waals surface area contributed by atoms with E-state index in [4.69, 9.17) is 4.74 Å². The molecule has 1 saturated heterocycles. The highest BCUT2D eigenvalue weighted by molar-refractivity contribution is 6.46. The summed E-state index contributed by atoms with van der Waals surface area (Å²) in [4.78, 5) is 27.6. The van der Waals surface area contributed by atoms with Crippen LogP contribution in [-0.2, 0) is 19.7 Å². The van der Waals surface area contributed by atoms with E-state index in [9.17, 15) is 14.7 Å². The molecule has 1 amide bonds. The number of amides is 1. The first-order valence-corrected chi connectivity index (χ1v) is 11.2. The van der Waals surface area contributed by atoms with Gasteiger partial charge in [0.15, 0.2) is 0 Å². The molecule has 0 aromatic heterocycles. The van der Waals surface area contributed by atoms with E-state index in [-0.39, 0.29) is 22.9 Å². The second kappa shape index (κ2) is 9.70. The number of carbonyl (C=O) groups is 2. The molecule has 5 heteroatoms. The van der Waals surface area contributed by atoms with E-state index >= 15 is 0 Å². The Balaban J connectivity index is 2.03. The van der Waals surface area contributed by atoms with E-state index < -0.39 is 17.7 Å². The summed E-state index contributed by atoms with van der Waals surface area (Å²) >= 11 is 0. The Morgan fingerprint density at radius 1 is 1.03 bits per heavy atom. The van der Waals surface area contributed by atoms with Crippen LogP contribution in [0, 0.1) is 0 Å². The van der Waals surface area contributed by atoms with Crippen LogP contribution in [0.5, 0.6) is 0 Å². The maximum absolute atomic E-state index is 13.0. The molecule has 0 unspecified atom stereocenters. The van der Waals surface area contributed by atoms with Gasteiger partial charge in [-0.25, -0.2) is 0 Å². The van der Waals surface area contributed by atoms with Gasteiger partial charge < -0.3 is 14.7 Å². The normalized spacial score (nSPS) is 18.6. The van der Waals surface area contributed by atoms with Crippen molar-refractivity contribution in [2.75, 3.05) is 13.2 Å². The number of rotatable bonds is 7. The number of ketones is 1. The van der Waals surface area contributed by atoms with E-state index in [0.29, 0.717) is 25.1 Å². The zero-order valence-electron chi connectivity index (χ0n) is 19.6. The molecule has 0 aliphatic carbocycles. The number of nitrogens with zero attached hydrogens (tertiary/aromatic N) is 1. The Morgan fingerprint density at radius 3 is 2.22 bits per heavy atom. The smallest absolute Gasteiger partial charge is 0.295 e. The standard InChI is InChI=1S/C27H33NO4/c1-18(2)32-17-9-16-28-23(19-12-14-21(15-13-19)27(3,4)5)22(25(30)26(28)31)24(29)20-10-7-6-8-11-20/h6-8,10-15,18,23,29H,9,16-17H2,1-5H3/t23-/m1/s1. The topological polar surface area (TPSA) is 66.8 Å². The Kier molecular flexibility index (Phi) is 7.19. The molecule has 2 aromatic rings. The lowest BCUT2D eigenvalue weighted by Gasteiger charge is -2.26. The molecule has 1 aliphatic rings. The van der Waals surface area contributed by atoms with Crippen molar-refractivity contribution in [3.8, 4) is 0 Å². The average Bonchev–Trinajstić information content (AvgIpc) is 3.01. The number of carbonyl (C=O) groups excluding carboxylic acids is 2. The van der Waals surface area contributed by atoms with Crippen molar-refractivity contribution in [3.63, 3.8) is 0 Å². The molecule has 2 aromatic carbocycles. The highest BCUT2D eigenvalue weighted by Gasteiger charge is 2.45. The summed E-state index contributed by atoms with van der Waals surface area (Å²) in [6.07, 6.45) is 0.705. The van der Waals surface area contributed by atoms with Crippen LogP contribution in [0.4, 0.5) is 0 Å². The van der Waals surface area contributed by atoms with Crippen LogP contribution >= 0.6 is 0 Å². The van der Waals surface area contributed by atoms with Crippen molar-refractivity contribution in [3.05, 3.63) is 76.9 Å². The molecule has 1 aliphatic heterocycles. The summed E-state index contributed by atoms with van der Waals surface area (Å²) in [5.74, 6) is -1.38. The minimum Gasteiger partial charge on any atom is -0.507 e. The third-order valence-electron chi connectivity index (χ3n) is 5.67. The highest BCUT2D eigenvalue weighted by atomic mass is 16.5. The monoisotopic (exact) mass is 435 g/mol. The van der Waals surface area contributed by atoms with Gasteiger partial charge in [-0.3, -0.25) is 9.59 Å². The van der Waals surface area contributed by atoms with E-state index in [1.54, 1.807) is 29.2 Å². The largest absolute Gasteiger partial charge is 0.507 e. The number of aliphatic hydroxyl groups excluding tert-OH is 1. The first-order valence-electron chi connectivity index (χ1n) is 11.2. The molecule has 5 nitrogen and oxygen atoms in total. The van der Waals surface area contributed by atoms with E-state index in [1.807, 2.05) is 44.2 Å². The van der Waals surface area contributed by atoms with Crippen LogP contribution in [0.2, 0.25) is 0 Å². The number of hydrogen-bond donors (Lipinski definition) is 1. The molecule has 0 saturated carbocycles. The molecule has 1 N–H and O–H groups in total. The SMILES string of the molecule is CC(C)OCCCN1C(=O)C(=O)C(=C(O)c2ccccc2)[C@H]1c1ccc(C(C)(C)C)cc1. The third-order valence-corrected chi connectivity index (χ3v) is 5.67. The fourth-order valence-corrected chi connectivity index (χ4v) is 3.93. The number of benzene rings is 2. The molecule has 32 heavy (non-hydrogen) atoms. The molecular weight excluding hydrogens is 402 g/mol. The maximum atomic E-state index is 13.0. The van der Waals surface area contributed by atoms with Crippen molar-refractivity contribution in [2.24, 2.45) is 0 Å². The van der Waals surface area contributed by atoms with E-state index in [2.05, 4.69) is 20.8 Å². The summed E-state index contributed by atoms with van der Waals surface area (Å²) in [6, 6.07) is 16.2. The van der Waals surface area contributed by atoms with Gasteiger partial charge in [0.25, 0.3) is 11.7 Å². The van der Waals surface area contributed by atoms with Crippen molar-refractivity contribution in [1.29, 1.82) is 0 Å². The quantitative estimate of drug-likeness (QED) is 0.280. The van der Waals surface area contributed by atoms with Crippen molar-refractivity contribution in [2.45, 2.75) is 58.6 Å². The van der Waals surface area contributed by atoms with Gasteiger partial charge >= 0.3 is 0 Å². The Bertz CT molecular complexity index is 985. The van der Waals surface area contributed by atoms with Crippen LogP contribution in [0.1, 0.15) is 63.8 Å². The molecular formula is C27H33NO4. The number of Topliss-reactive ketones (excluding diaryl/α,β-unsaturated/α-hetero) is 1. The highest BCUT2D eigenvalue weighted by Crippen LogP contribution is 2.40. The van der Waals surface area contributed by atoms with Gasteiger partial charge in [-0.1, -0.05) is 75.4 Å². The fraction of sp³-hybridized carbons (Fsp3) is 0.407. The van der Waals surface area contributed by atoms with Gasteiger partial charge in [-0.05, 0) is 36.8 Å². The zero-order valence-corrected chi connectivity index (χ0v) is 19.6. The fourth-order valence-electron chi connectivity index (χ4n) is 3.93. The average molecular weight is 436 g/mol.